The number of aromatic amines is 1. The van der Waals surface area contributed by atoms with Gasteiger partial charge in [-0.25, -0.2) is 4.98 Å². The van der Waals surface area contributed by atoms with Crippen molar-refractivity contribution in [1.82, 2.24) is 25.5 Å². The van der Waals surface area contributed by atoms with Crippen molar-refractivity contribution in [2.45, 2.75) is 13.5 Å². The smallest absolute Gasteiger partial charge is 0.300 e. The summed E-state index contributed by atoms with van der Waals surface area (Å²) in [5, 5.41) is 23.8. The molecule has 2 aromatic carbocycles. The Morgan fingerprint density at radius 2 is 2.03 bits per heavy atom. The van der Waals surface area contributed by atoms with Gasteiger partial charge in [-0.05, 0) is 47.3 Å². The minimum atomic E-state index is -0.833. The van der Waals surface area contributed by atoms with Crippen LogP contribution in [0, 0.1) is 0 Å². The third-order valence-electron chi connectivity index (χ3n) is 5.15. The van der Waals surface area contributed by atoms with Crippen molar-refractivity contribution in [3.8, 4) is 10.4 Å². The highest BCUT2D eigenvalue weighted by Crippen LogP contribution is 2.39. The van der Waals surface area contributed by atoms with Crippen molar-refractivity contribution in [3.63, 3.8) is 0 Å². The van der Waals surface area contributed by atoms with E-state index in [-0.39, 0.29) is 5.95 Å². The van der Waals surface area contributed by atoms with E-state index >= 15 is 0 Å². The number of hydrogen-bond donors (Lipinski definition) is 5. The molecular weight excluding hydrogens is 478 g/mol. The van der Waals surface area contributed by atoms with Gasteiger partial charge in [0.25, 0.3) is 5.97 Å². The van der Waals surface area contributed by atoms with Gasteiger partial charge in [-0.2, -0.15) is 10.1 Å². The van der Waals surface area contributed by atoms with Crippen LogP contribution in [0.4, 0.5) is 17.5 Å². The summed E-state index contributed by atoms with van der Waals surface area (Å²) in [6.07, 6.45) is 3.46. The minimum absolute atomic E-state index is 0.233. The van der Waals surface area contributed by atoms with E-state index in [1.54, 1.807) is 30.7 Å². The average molecular weight is 506 g/mol. The lowest BCUT2D eigenvalue weighted by atomic mass is 10.1. The fraction of sp³-hybridized carbons (Fsp3) is 0.200. The number of nitrogens with two attached hydrogens (primary N) is 1. The van der Waals surface area contributed by atoms with E-state index in [4.69, 9.17) is 20.4 Å². The molecule has 0 atom stereocenters. The van der Waals surface area contributed by atoms with Crippen LogP contribution < -0.4 is 16.4 Å². The third-order valence-corrected chi connectivity index (χ3v) is 6.30. The molecule has 0 aliphatic carbocycles. The Balaban J connectivity index is 0.000000709. The zero-order valence-electron chi connectivity index (χ0n) is 19.9. The van der Waals surface area contributed by atoms with Gasteiger partial charge < -0.3 is 26.2 Å². The van der Waals surface area contributed by atoms with Crippen molar-refractivity contribution in [2.24, 2.45) is 0 Å². The van der Waals surface area contributed by atoms with E-state index in [9.17, 15) is 0 Å². The Morgan fingerprint density at radius 1 is 1.19 bits per heavy atom. The lowest BCUT2D eigenvalue weighted by molar-refractivity contribution is -0.134. The Kier molecular flexibility index (Phi) is 8.06. The van der Waals surface area contributed by atoms with Gasteiger partial charge in [-0.3, -0.25) is 9.89 Å². The number of benzene rings is 2. The van der Waals surface area contributed by atoms with Gasteiger partial charge in [-0.1, -0.05) is 6.07 Å². The molecule has 0 fully saturated rings. The summed E-state index contributed by atoms with van der Waals surface area (Å²) in [4.78, 5) is 18.4. The van der Waals surface area contributed by atoms with Gasteiger partial charge in [-0.15, -0.1) is 11.3 Å². The number of ether oxygens (including phenoxy) is 1. The maximum atomic E-state index is 9.00. The maximum Gasteiger partial charge on any atom is 0.300 e. The first-order valence-electron chi connectivity index (χ1n) is 11.2. The molecule has 5 rings (SSSR count). The minimum Gasteiger partial charge on any atom is -0.481 e. The first-order valence-corrected chi connectivity index (χ1v) is 12.0. The summed E-state index contributed by atoms with van der Waals surface area (Å²) in [6.45, 7) is 3.44. The topological polar surface area (TPSA) is 151 Å². The molecule has 10 nitrogen and oxygen atoms in total. The number of methoxy groups -OCH3 is 1. The van der Waals surface area contributed by atoms with Crippen molar-refractivity contribution >= 4 is 55.7 Å². The van der Waals surface area contributed by atoms with Crippen molar-refractivity contribution in [2.75, 3.05) is 31.3 Å². The number of nitrogens with one attached hydrogen (secondary N) is 3. The number of fused-ring (bicyclic) bond motifs is 2. The van der Waals surface area contributed by atoms with Crippen LogP contribution in [0.2, 0.25) is 0 Å². The van der Waals surface area contributed by atoms with Crippen LogP contribution in [-0.4, -0.2) is 51.5 Å². The van der Waals surface area contributed by atoms with Gasteiger partial charge >= 0.3 is 0 Å². The Hall–Kier alpha value is -4.06. The molecule has 0 saturated heterocycles. The molecule has 0 spiro atoms. The summed E-state index contributed by atoms with van der Waals surface area (Å²) in [5.74, 6) is 0.0462. The van der Waals surface area contributed by atoms with E-state index in [2.05, 4.69) is 61.1 Å². The molecule has 0 aliphatic rings. The number of hydrogen-bond acceptors (Lipinski definition) is 9. The number of carbonyl (C=O) groups is 1. The number of anilines is 3. The molecular formula is C25H27N7O3S. The number of nitrogen functional groups attached to an aromatic ring is 1. The van der Waals surface area contributed by atoms with E-state index in [0.717, 1.165) is 42.2 Å². The Labute approximate surface area is 211 Å². The molecule has 0 amide bonds. The third kappa shape index (κ3) is 6.33. The molecule has 0 saturated carbocycles. The summed E-state index contributed by atoms with van der Waals surface area (Å²) >= 11 is 1.77. The molecule has 0 aliphatic heterocycles. The summed E-state index contributed by atoms with van der Waals surface area (Å²) in [7, 11) is 1.71. The molecule has 0 radical (unpaired) electrons. The summed E-state index contributed by atoms with van der Waals surface area (Å²) in [5.41, 5.74) is 9.98. The maximum absolute atomic E-state index is 9.00. The van der Waals surface area contributed by atoms with Crippen LogP contribution in [-0.2, 0) is 16.1 Å². The van der Waals surface area contributed by atoms with Crippen LogP contribution in [0.15, 0.2) is 54.9 Å². The van der Waals surface area contributed by atoms with E-state index in [1.165, 1.54) is 20.5 Å². The lowest BCUT2D eigenvalue weighted by Crippen LogP contribution is -2.18. The monoisotopic (exact) mass is 505 g/mol. The number of rotatable bonds is 8. The summed E-state index contributed by atoms with van der Waals surface area (Å²) < 4.78 is 6.34. The number of aliphatic carboxylic acids is 1. The fourth-order valence-electron chi connectivity index (χ4n) is 3.66. The largest absolute Gasteiger partial charge is 0.481 e. The number of thiophene rings is 1. The average Bonchev–Trinajstić information content (AvgIpc) is 3.48. The molecule has 3 heterocycles. The standard InChI is InChI=1S/C23H23N7OS.C2H4O2/c1-31-7-6-25-12-14-2-3-19-15(8-14)10-20(32-19)18-11-17(9-16-13-27-30-22(16)18)28-21-4-5-26-23(24)29-21;1-2(3)4/h2-5,8-11,13,25H,6-7,12H2,1H3,(H,27,30)(H3,24,26,28,29);1H3,(H,3,4). The number of H-pyrrole nitrogens is 1. The number of aromatic nitrogens is 4. The molecule has 3 aromatic heterocycles. The van der Waals surface area contributed by atoms with Gasteiger partial charge in [0, 0.05) is 59.5 Å². The second-order valence-electron chi connectivity index (χ2n) is 7.95. The molecule has 11 heteroatoms. The molecule has 6 N–H and O–H groups in total. The summed E-state index contributed by atoms with van der Waals surface area (Å²) in [6, 6.07) is 14.8. The SMILES string of the molecule is CC(=O)O.COCCNCc1ccc2sc(-c3cc(Nc4ccnc(N)n4)cc4cn[nH]c34)cc2c1. The highest BCUT2D eigenvalue weighted by atomic mass is 32.1. The Bertz CT molecular complexity index is 1480. The van der Waals surface area contributed by atoms with E-state index in [0.29, 0.717) is 12.4 Å². The molecule has 186 valence electrons. The molecule has 0 bridgehead atoms. The second-order valence-corrected chi connectivity index (χ2v) is 9.04. The second kappa shape index (κ2) is 11.6. The van der Waals surface area contributed by atoms with Crippen LogP contribution in [0.1, 0.15) is 12.5 Å². The first-order chi connectivity index (χ1) is 17.4. The van der Waals surface area contributed by atoms with Gasteiger partial charge in [0.1, 0.15) is 5.82 Å². The van der Waals surface area contributed by atoms with Gasteiger partial charge in [0.15, 0.2) is 0 Å². The fourth-order valence-corrected chi connectivity index (χ4v) is 4.72. The van der Waals surface area contributed by atoms with Gasteiger partial charge in [0.2, 0.25) is 5.95 Å². The van der Waals surface area contributed by atoms with Crippen molar-refractivity contribution < 1.29 is 14.6 Å². The zero-order valence-corrected chi connectivity index (χ0v) is 20.7. The normalized spacial score (nSPS) is 10.8. The Morgan fingerprint density at radius 3 is 2.81 bits per heavy atom. The molecule has 5 aromatic rings. The predicted molar refractivity (Wildman–Crippen MR) is 144 cm³/mol. The van der Waals surface area contributed by atoms with Crippen molar-refractivity contribution in [3.05, 3.63) is 60.4 Å². The van der Waals surface area contributed by atoms with Crippen LogP contribution in [0.5, 0.6) is 0 Å². The highest BCUT2D eigenvalue weighted by Gasteiger charge is 2.12. The van der Waals surface area contributed by atoms with Crippen LogP contribution in [0.3, 0.4) is 0 Å². The molecule has 0 unspecified atom stereocenters. The van der Waals surface area contributed by atoms with E-state index in [1.807, 2.05) is 12.3 Å². The highest BCUT2D eigenvalue weighted by molar-refractivity contribution is 7.22. The quantitative estimate of drug-likeness (QED) is 0.193. The van der Waals surface area contributed by atoms with Crippen molar-refractivity contribution in [1.29, 1.82) is 0 Å². The predicted octanol–water partition coefficient (Wildman–Crippen LogP) is 4.39. The van der Waals surface area contributed by atoms with E-state index < -0.39 is 5.97 Å². The number of nitrogens with zero attached hydrogens (tertiary/aromatic N) is 3. The number of carboxylic acids is 1. The van der Waals surface area contributed by atoms with Crippen LogP contribution >= 0.6 is 11.3 Å². The zero-order chi connectivity index (χ0) is 25.5. The van der Waals surface area contributed by atoms with Gasteiger partial charge in [0.05, 0.1) is 18.3 Å². The first kappa shape index (κ1) is 25.0. The lowest BCUT2D eigenvalue weighted by Gasteiger charge is -2.08. The number of carboxylic acid groups (broad SMARTS) is 1. The molecule has 36 heavy (non-hydrogen) atoms. The van der Waals surface area contributed by atoms with Crippen LogP contribution in [0.25, 0.3) is 31.4 Å².